The normalized spacial score (nSPS) is 16.4. The highest BCUT2D eigenvalue weighted by atomic mass is 32.1. The number of aromatic nitrogens is 3. The van der Waals surface area contributed by atoms with Crippen molar-refractivity contribution in [1.82, 2.24) is 14.3 Å². The third kappa shape index (κ3) is 3.52. The fourth-order valence-electron chi connectivity index (χ4n) is 3.42. The number of hydrogen-bond acceptors (Lipinski definition) is 6. The number of carbonyl (C=O) groups excluding carboxylic acids is 1. The zero-order valence-electron chi connectivity index (χ0n) is 16.6. The molecular formula is C21H19FN4O3S. The number of ether oxygens (including phenoxy) is 1. The van der Waals surface area contributed by atoms with Gasteiger partial charge in [-0.05, 0) is 37.6 Å². The monoisotopic (exact) mass is 426 g/mol. The molecule has 7 nitrogen and oxygen atoms in total. The van der Waals surface area contributed by atoms with Crippen LogP contribution in [0.2, 0.25) is 0 Å². The van der Waals surface area contributed by atoms with E-state index < -0.39 is 17.8 Å². The van der Waals surface area contributed by atoms with Crippen molar-refractivity contribution in [1.29, 1.82) is 0 Å². The Morgan fingerprint density at radius 2 is 2.07 bits per heavy atom. The SMILES string of the molecule is CCOC(=O)C1=C(C)N=c2s/c(=C\c3cnn(C)c3)c(=O)n2[C@H]1c1ccc(F)cc1. The molecule has 0 saturated carbocycles. The molecule has 3 heterocycles. The van der Waals surface area contributed by atoms with E-state index in [2.05, 4.69) is 10.1 Å². The number of rotatable bonds is 4. The van der Waals surface area contributed by atoms with Gasteiger partial charge in [0.05, 0.1) is 34.6 Å². The molecular weight excluding hydrogens is 407 g/mol. The highest BCUT2D eigenvalue weighted by molar-refractivity contribution is 7.07. The highest BCUT2D eigenvalue weighted by Gasteiger charge is 2.33. The van der Waals surface area contributed by atoms with Crippen molar-refractivity contribution >= 4 is 23.4 Å². The van der Waals surface area contributed by atoms with Gasteiger partial charge in [-0.3, -0.25) is 14.0 Å². The summed E-state index contributed by atoms with van der Waals surface area (Å²) in [7, 11) is 1.79. The summed E-state index contributed by atoms with van der Waals surface area (Å²) in [6.07, 6.45) is 5.19. The molecule has 0 radical (unpaired) electrons. The Balaban J connectivity index is 1.96. The minimum atomic E-state index is -0.753. The van der Waals surface area contributed by atoms with Crippen molar-refractivity contribution in [3.05, 3.63) is 84.6 Å². The molecule has 1 atom stereocenters. The van der Waals surface area contributed by atoms with Crippen molar-refractivity contribution in [3.63, 3.8) is 0 Å². The van der Waals surface area contributed by atoms with Crippen LogP contribution in [0.25, 0.3) is 6.08 Å². The lowest BCUT2D eigenvalue weighted by Crippen LogP contribution is -2.39. The number of fused-ring (bicyclic) bond motifs is 1. The number of thiazole rings is 1. The summed E-state index contributed by atoms with van der Waals surface area (Å²) in [5.41, 5.74) is 1.83. The van der Waals surface area contributed by atoms with E-state index in [4.69, 9.17) is 4.74 Å². The molecule has 2 aromatic heterocycles. The number of allylic oxidation sites excluding steroid dienone is 1. The van der Waals surface area contributed by atoms with Gasteiger partial charge in [0.1, 0.15) is 5.82 Å². The molecule has 0 aliphatic carbocycles. The van der Waals surface area contributed by atoms with E-state index in [0.717, 1.165) is 5.56 Å². The van der Waals surface area contributed by atoms with Gasteiger partial charge in [0.25, 0.3) is 5.56 Å². The molecule has 1 aromatic carbocycles. The second-order valence-corrected chi connectivity index (χ2v) is 7.81. The Kier molecular flexibility index (Phi) is 5.21. The third-order valence-corrected chi connectivity index (χ3v) is 5.71. The summed E-state index contributed by atoms with van der Waals surface area (Å²) in [6.45, 7) is 3.61. The molecule has 30 heavy (non-hydrogen) atoms. The first kappa shape index (κ1) is 20.0. The summed E-state index contributed by atoms with van der Waals surface area (Å²) >= 11 is 1.23. The molecule has 0 saturated heterocycles. The van der Waals surface area contributed by atoms with E-state index in [0.29, 0.717) is 20.6 Å². The van der Waals surface area contributed by atoms with Crippen LogP contribution in [-0.4, -0.2) is 26.9 Å². The second kappa shape index (κ2) is 7.83. The van der Waals surface area contributed by atoms with E-state index in [1.807, 2.05) is 0 Å². The number of carbonyl (C=O) groups is 1. The summed E-state index contributed by atoms with van der Waals surface area (Å²) in [5.74, 6) is -0.948. The fourth-order valence-corrected chi connectivity index (χ4v) is 4.46. The number of nitrogens with zero attached hydrogens (tertiary/aromatic N) is 4. The van der Waals surface area contributed by atoms with Crippen LogP contribution in [0.5, 0.6) is 0 Å². The molecule has 0 spiro atoms. The van der Waals surface area contributed by atoms with Crippen LogP contribution in [-0.2, 0) is 16.6 Å². The minimum Gasteiger partial charge on any atom is -0.463 e. The van der Waals surface area contributed by atoms with Gasteiger partial charge in [-0.1, -0.05) is 23.5 Å². The van der Waals surface area contributed by atoms with E-state index in [-0.39, 0.29) is 17.7 Å². The summed E-state index contributed by atoms with van der Waals surface area (Å²) in [6, 6.07) is 4.99. The Bertz CT molecular complexity index is 1330. The molecule has 0 N–H and O–H groups in total. The maximum Gasteiger partial charge on any atom is 0.338 e. The first-order chi connectivity index (χ1) is 14.4. The van der Waals surface area contributed by atoms with Crippen molar-refractivity contribution in [3.8, 4) is 0 Å². The molecule has 0 unspecified atom stereocenters. The smallest absolute Gasteiger partial charge is 0.338 e. The zero-order chi connectivity index (χ0) is 21.4. The van der Waals surface area contributed by atoms with Gasteiger partial charge in [0, 0.05) is 18.8 Å². The summed E-state index contributed by atoms with van der Waals surface area (Å²) < 4.78 is 22.3. The second-order valence-electron chi connectivity index (χ2n) is 6.80. The van der Waals surface area contributed by atoms with Gasteiger partial charge in [-0.15, -0.1) is 0 Å². The van der Waals surface area contributed by atoms with Crippen molar-refractivity contribution in [2.45, 2.75) is 19.9 Å². The van der Waals surface area contributed by atoms with Crippen molar-refractivity contribution in [2.24, 2.45) is 12.0 Å². The Morgan fingerprint density at radius 1 is 1.33 bits per heavy atom. The van der Waals surface area contributed by atoms with Crippen molar-refractivity contribution in [2.75, 3.05) is 6.61 Å². The lowest BCUT2D eigenvalue weighted by molar-refractivity contribution is -0.139. The van der Waals surface area contributed by atoms with Crippen LogP contribution in [0.3, 0.4) is 0 Å². The van der Waals surface area contributed by atoms with E-state index in [1.54, 1.807) is 56.2 Å². The molecule has 4 rings (SSSR count). The molecule has 9 heteroatoms. The van der Waals surface area contributed by atoms with Gasteiger partial charge < -0.3 is 4.74 Å². The topological polar surface area (TPSA) is 78.5 Å². The van der Waals surface area contributed by atoms with Crippen molar-refractivity contribution < 1.29 is 13.9 Å². The zero-order valence-corrected chi connectivity index (χ0v) is 17.4. The van der Waals surface area contributed by atoms with E-state index in [1.165, 1.54) is 28.0 Å². The quantitative estimate of drug-likeness (QED) is 0.595. The maximum atomic E-state index is 13.5. The predicted octanol–water partition coefficient (Wildman–Crippen LogP) is 1.67. The molecule has 0 bridgehead atoms. The van der Waals surface area contributed by atoms with E-state index >= 15 is 0 Å². The summed E-state index contributed by atoms with van der Waals surface area (Å²) in [5, 5.41) is 4.12. The van der Waals surface area contributed by atoms with Crippen LogP contribution in [0.15, 0.2) is 57.7 Å². The van der Waals surface area contributed by atoms with Gasteiger partial charge in [0.15, 0.2) is 4.80 Å². The predicted molar refractivity (Wildman–Crippen MR) is 110 cm³/mol. The first-order valence-electron chi connectivity index (χ1n) is 9.33. The average molecular weight is 426 g/mol. The Morgan fingerprint density at radius 3 is 2.70 bits per heavy atom. The van der Waals surface area contributed by atoms with Crippen LogP contribution in [0, 0.1) is 5.82 Å². The van der Waals surface area contributed by atoms with Gasteiger partial charge in [-0.2, -0.15) is 5.10 Å². The fraction of sp³-hybridized carbons (Fsp3) is 0.238. The van der Waals surface area contributed by atoms with Crippen LogP contribution < -0.4 is 14.9 Å². The van der Waals surface area contributed by atoms with Crippen LogP contribution in [0.4, 0.5) is 4.39 Å². The number of halogens is 1. The van der Waals surface area contributed by atoms with Crippen LogP contribution in [0.1, 0.15) is 31.0 Å². The number of benzene rings is 1. The maximum absolute atomic E-state index is 13.5. The Labute approximate surface area is 175 Å². The van der Waals surface area contributed by atoms with Crippen LogP contribution >= 0.6 is 11.3 Å². The summed E-state index contributed by atoms with van der Waals surface area (Å²) in [4.78, 5) is 31.0. The number of aryl methyl sites for hydroxylation is 1. The third-order valence-electron chi connectivity index (χ3n) is 4.73. The lowest BCUT2D eigenvalue weighted by atomic mass is 9.96. The number of hydrogen-bond donors (Lipinski definition) is 0. The molecule has 1 aliphatic heterocycles. The minimum absolute atomic E-state index is 0.192. The first-order valence-corrected chi connectivity index (χ1v) is 10.1. The average Bonchev–Trinajstić information content (AvgIpc) is 3.24. The highest BCUT2D eigenvalue weighted by Crippen LogP contribution is 2.30. The number of esters is 1. The molecule has 3 aromatic rings. The Hall–Kier alpha value is -3.33. The van der Waals surface area contributed by atoms with Gasteiger partial charge in [0.2, 0.25) is 0 Å². The van der Waals surface area contributed by atoms with Gasteiger partial charge in [-0.25, -0.2) is 14.2 Å². The largest absolute Gasteiger partial charge is 0.463 e. The lowest BCUT2D eigenvalue weighted by Gasteiger charge is -2.24. The van der Waals surface area contributed by atoms with Gasteiger partial charge >= 0.3 is 5.97 Å². The standard InChI is InChI=1S/C21H19FN4O3S/c1-4-29-20(28)17-12(2)24-21-26(18(17)14-5-7-15(22)8-6-14)19(27)16(30-21)9-13-10-23-25(3)11-13/h5-11,18H,4H2,1-3H3/b16-9-/t18-/m0/s1. The molecule has 0 fully saturated rings. The molecule has 154 valence electrons. The van der Waals surface area contributed by atoms with E-state index in [9.17, 15) is 14.0 Å². The molecule has 1 aliphatic rings. The molecule has 0 amide bonds.